The lowest BCUT2D eigenvalue weighted by atomic mass is 10.0. The van der Waals surface area contributed by atoms with Gasteiger partial charge >= 0.3 is 0 Å². The second-order valence-corrected chi connectivity index (χ2v) is 12.0. The average molecular weight is 805 g/mol. The highest BCUT2D eigenvalue weighted by molar-refractivity contribution is 6.07. The molecule has 0 radical (unpaired) electrons. The Morgan fingerprint density at radius 3 is 1.35 bits per heavy atom. The summed E-state index contributed by atoms with van der Waals surface area (Å²) >= 11 is 0. The Labute approximate surface area is 335 Å². The van der Waals surface area contributed by atoms with Crippen LogP contribution in [0.3, 0.4) is 0 Å². The summed E-state index contributed by atoms with van der Waals surface area (Å²) in [5.74, 6) is 0.208. The second-order valence-electron chi connectivity index (χ2n) is 12.0. The number of ether oxygens (including phenoxy) is 12. The van der Waals surface area contributed by atoms with Gasteiger partial charge in [-0.1, -0.05) is 36.4 Å². The quantitative estimate of drug-likeness (QED) is 0.0832. The highest BCUT2D eigenvalue weighted by atomic mass is 16.6. The highest BCUT2D eigenvalue weighted by Gasteiger charge is 2.20. The molecule has 0 saturated heterocycles. The number of amides is 2. The van der Waals surface area contributed by atoms with E-state index in [4.69, 9.17) is 56.8 Å². The largest absolute Gasteiger partial charge is 0.487 e. The molecule has 16 heteroatoms. The van der Waals surface area contributed by atoms with E-state index in [1.54, 1.807) is 39.5 Å². The van der Waals surface area contributed by atoms with E-state index in [0.717, 1.165) is 10.8 Å². The maximum absolute atomic E-state index is 13.5. The van der Waals surface area contributed by atoms with Gasteiger partial charge in [-0.3, -0.25) is 9.59 Å². The predicted octanol–water partition coefficient (Wildman–Crippen LogP) is 3.17. The van der Waals surface area contributed by atoms with Gasteiger partial charge in [-0.15, -0.1) is 0 Å². The van der Waals surface area contributed by atoms with Gasteiger partial charge in [-0.05, 0) is 29.0 Å². The van der Waals surface area contributed by atoms with Gasteiger partial charge in [0.05, 0.1) is 99.1 Å². The van der Waals surface area contributed by atoms with E-state index in [0.29, 0.717) is 90.6 Å². The molecule has 57 heavy (non-hydrogen) atoms. The number of fused-ring (bicyclic) bond motifs is 1. The van der Waals surface area contributed by atoms with Crippen molar-refractivity contribution in [2.24, 2.45) is 0 Å². The van der Waals surface area contributed by atoms with Crippen LogP contribution >= 0.6 is 0 Å². The van der Waals surface area contributed by atoms with E-state index in [-0.39, 0.29) is 75.7 Å². The maximum Gasteiger partial charge on any atom is 0.251 e. The predicted molar refractivity (Wildman–Crippen MR) is 212 cm³/mol. The molecule has 0 spiro atoms. The summed E-state index contributed by atoms with van der Waals surface area (Å²) in [7, 11) is 4.84. The maximum atomic E-state index is 13.5. The van der Waals surface area contributed by atoms with Crippen molar-refractivity contribution >= 4 is 22.6 Å². The summed E-state index contributed by atoms with van der Waals surface area (Å²) in [5.41, 5.74) is 0.821. The molecule has 0 saturated carbocycles. The van der Waals surface area contributed by atoms with E-state index in [2.05, 4.69) is 10.6 Å². The summed E-state index contributed by atoms with van der Waals surface area (Å²) < 4.78 is 66.7. The standard InChI is InChI=1S/C41H60N2O14/c1-46-13-16-49-19-22-52-25-28-55-37-31-34(40(44)42-11-12-43-41(45)36-10-6-8-33-7-4-5-9-35(33)36)32-38(56-29-26-53-23-20-50-17-14-47-2)39(37)57-30-27-54-24-21-51-18-15-48-3/h4-10,31-32H,11-30H2,1-3H3,(H,42,44)(H,43,45). The fraction of sp³-hybridized carbons (Fsp3) is 0.561. The third-order valence-electron chi connectivity index (χ3n) is 7.87. The van der Waals surface area contributed by atoms with Crippen LogP contribution < -0.4 is 24.8 Å². The fourth-order valence-corrected chi connectivity index (χ4v) is 5.05. The molecule has 0 unspecified atom stereocenters. The number of benzene rings is 3. The van der Waals surface area contributed by atoms with Gasteiger partial charge in [0.15, 0.2) is 11.5 Å². The van der Waals surface area contributed by atoms with Crippen molar-refractivity contribution in [3.8, 4) is 17.2 Å². The molecule has 16 nitrogen and oxygen atoms in total. The molecule has 2 N–H and O–H groups in total. The number of hydrogen-bond donors (Lipinski definition) is 2. The van der Waals surface area contributed by atoms with E-state index in [1.807, 2.05) is 36.4 Å². The van der Waals surface area contributed by atoms with Crippen molar-refractivity contribution in [3.05, 3.63) is 65.7 Å². The van der Waals surface area contributed by atoms with E-state index in [9.17, 15) is 9.59 Å². The smallest absolute Gasteiger partial charge is 0.251 e. The van der Waals surface area contributed by atoms with Gasteiger partial charge in [-0.25, -0.2) is 0 Å². The Morgan fingerprint density at radius 1 is 0.456 bits per heavy atom. The molecule has 0 aromatic heterocycles. The number of nitrogens with one attached hydrogen (secondary N) is 2. The summed E-state index contributed by atoms with van der Waals surface area (Å²) in [5, 5.41) is 7.58. The van der Waals surface area contributed by atoms with Gasteiger partial charge in [0.25, 0.3) is 11.8 Å². The molecule has 2 amide bonds. The molecule has 0 heterocycles. The molecule has 3 rings (SSSR count). The van der Waals surface area contributed by atoms with Crippen molar-refractivity contribution in [2.75, 3.05) is 153 Å². The van der Waals surface area contributed by atoms with Crippen LogP contribution in [0.5, 0.6) is 17.2 Å². The topological polar surface area (TPSA) is 169 Å². The molecule has 3 aromatic rings. The van der Waals surface area contributed by atoms with Crippen molar-refractivity contribution in [1.29, 1.82) is 0 Å². The first-order valence-electron chi connectivity index (χ1n) is 19.1. The summed E-state index contributed by atoms with van der Waals surface area (Å²) in [6.45, 7) is 6.90. The van der Waals surface area contributed by atoms with E-state index in [1.165, 1.54) is 0 Å². The first kappa shape index (κ1) is 47.3. The van der Waals surface area contributed by atoms with E-state index >= 15 is 0 Å². The van der Waals surface area contributed by atoms with Crippen LogP contribution in [0.1, 0.15) is 20.7 Å². The molecule has 3 aromatic carbocycles. The normalized spacial score (nSPS) is 11.1. The summed E-state index contributed by atoms with van der Waals surface area (Å²) in [6, 6.07) is 16.4. The third-order valence-corrected chi connectivity index (χ3v) is 7.87. The van der Waals surface area contributed by atoms with Crippen LogP contribution in [0.2, 0.25) is 0 Å². The lowest BCUT2D eigenvalue weighted by Crippen LogP contribution is -2.34. The number of hydrogen-bond acceptors (Lipinski definition) is 14. The van der Waals surface area contributed by atoms with Gasteiger partial charge in [0.1, 0.15) is 19.8 Å². The Hall–Kier alpha value is -4.10. The van der Waals surface area contributed by atoms with Crippen LogP contribution in [0.15, 0.2) is 54.6 Å². The fourth-order valence-electron chi connectivity index (χ4n) is 5.05. The molecular weight excluding hydrogens is 744 g/mol. The van der Waals surface area contributed by atoms with Crippen molar-refractivity contribution in [1.82, 2.24) is 10.6 Å². The zero-order chi connectivity index (χ0) is 40.6. The van der Waals surface area contributed by atoms with Gasteiger partial charge in [-0.2, -0.15) is 0 Å². The lowest BCUT2D eigenvalue weighted by Gasteiger charge is -2.19. The van der Waals surface area contributed by atoms with Crippen molar-refractivity contribution in [2.45, 2.75) is 0 Å². The molecule has 0 aliphatic heterocycles. The van der Waals surface area contributed by atoms with Crippen molar-refractivity contribution < 1.29 is 66.4 Å². The second kappa shape index (κ2) is 31.0. The van der Waals surface area contributed by atoms with Crippen molar-refractivity contribution in [3.63, 3.8) is 0 Å². The van der Waals surface area contributed by atoms with Gasteiger partial charge in [0, 0.05) is 45.5 Å². The van der Waals surface area contributed by atoms with E-state index < -0.39 is 5.91 Å². The Kier molecular flexibility index (Phi) is 25.7. The number of rotatable bonds is 35. The minimum Gasteiger partial charge on any atom is -0.487 e. The molecule has 0 bridgehead atoms. The zero-order valence-corrected chi connectivity index (χ0v) is 33.6. The number of carbonyl (C=O) groups excluding carboxylic acids is 2. The average Bonchev–Trinajstić information content (AvgIpc) is 3.23. The molecule has 0 aliphatic rings. The molecule has 0 fully saturated rings. The first-order chi connectivity index (χ1) is 28.1. The minimum atomic E-state index is -0.401. The van der Waals surface area contributed by atoms with Crippen LogP contribution in [0.25, 0.3) is 10.8 Å². The molecular formula is C41H60N2O14. The van der Waals surface area contributed by atoms with Crippen LogP contribution in [-0.2, 0) is 42.6 Å². The monoisotopic (exact) mass is 804 g/mol. The van der Waals surface area contributed by atoms with Crippen LogP contribution in [-0.4, -0.2) is 165 Å². The third kappa shape index (κ3) is 19.7. The minimum absolute atomic E-state index is 0.153. The highest BCUT2D eigenvalue weighted by Crippen LogP contribution is 2.39. The number of carbonyl (C=O) groups is 2. The summed E-state index contributed by atoms with van der Waals surface area (Å²) in [4.78, 5) is 26.5. The van der Waals surface area contributed by atoms with Gasteiger partial charge < -0.3 is 67.5 Å². The molecule has 0 aliphatic carbocycles. The first-order valence-corrected chi connectivity index (χ1v) is 19.1. The Bertz CT molecular complexity index is 1480. The molecule has 318 valence electrons. The lowest BCUT2D eigenvalue weighted by molar-refractivity contribution is 0.0146. The molecule has 0 atom stereocenters. The Morgan fingerprint density at radius 2 is 0.860 bits per heavy atom. The summed E-state index contributed by atoms with van der Waals surface area (Å²) in [6.07, 6.45) is 0. The zero-order valence-electron chi connectivity index (χ0n) is 33.6. The van der Waals surface area contributed by atoms with Crippen LogP contribution in [0.4, 0.5) is 0 Å². The SMILES string of the molecule is COCCOCCOCCOc1cc(C(=O)NCCNC(=O)c2cccc3ccccc23)cc(OCCOCCOCCOC)c1OCCOCCOCCOC. The van der Waals surface area contributed by atoms with Crippen LogP contribution in [0, 0.1) is 0 Å². The number of methoxy groups -OCH3 is 3. The van der Waals surface area contributed by atoms with Gasteiger partial charge in [0.2, 0.25) is 5.75 Å². The Balaban J connectivity index is 1.66.